The molecule has 0 heterocycles. The molecule has 0 amide bonds. The first-order valence-electron chi connectivity index (χ1n) is 4.35. The zero-order valence-corrected chi connectivity index (χ0v) is 11.1. The molecule has 0 fully saturated rings. The molecule has 0 aromatic heterocycles. The van der Waals surface area contributed by atoms with Crippen molar-refractivity contribution < 1.29 is 0 Å². The Hall–Kier alpha value is 0.240. The fourth-order valence-corrected chi connectivity index (χ4v) is 2.08. The SMILES string of the molecule is CCC[C@H](N)c1ccc(Br)cc1Cl.Cl. The van der Waals surface area contributed by atoms with Crippen LogP contribution in [0.1, 0.15) is 31.4 Å². The average Bonchev–Trinajstić information content (AvgIpc) is 2.04. The van der Waals surface area contributed by atoms with Gasteiger partial charge in [-0.15, -0.1) is 12.4 Å². The number of nitrogens with two attached hydrogens (primary N) is 1. The summed E-state index contributed by atoms with van der Waals surface area (Å²) in [6.45, 7) is 2.12. The second-order valence-corrected chi connectivity index (χ2v) is 4.38. The van der Waals surface area contributed by atoms with Gasteiger partial charge in [-0.25, -0.2) is 0 Å². The lowest BCUT2D eigenvalue weighted by Crippen LogP contribution is -2.10. The van der Waals surface area contributed by atoms with Crippen LogP contribution in [0.25, 0.3) is 0 Å². The van der Waals surface area contributed by atoms with Gasteiger partial charge in [0.2, 0.25) is 0 Å². The van der Waals surface area contributed by atoms with Crippen molar-refractivity contribution in [3.63, 3.8) is 0 Å². The number of halogens is 3. The van der Waals surface area contributed by atoms with E-state index >= 15 is 0 Å². The van der Waals surface area contributed by atoms with Crippen molar-refractivity contribution in [3.8, 4) is 0 Å². The minimum absolute atomic E-state index is 0. The maximum Gasteiger partial charge on any atom is 0.0464 e. The van der Waals surface area contributed by atoms with E-state index in [-0.39, 0.29) is 18.4 Å². The van der Waals surface area contributed by atoms with Gasteiger partial charge in [0.15, 0.2) is 0 Å². The van der Waals surface area contributed by atoms with Crippen LogP contribution in [0.15, 0.2) is 22.7 Å². The minimum Gasteiger partial charge on any atom is -0.324 e. The molecule has 0 bridgehead atoms. The molecule has 0 aliphatic carbocycles. The summed E-state index contributed by atoms with van der Waals surface area (Å²) in [5.74, 6) is 0. The Labute approximate surface area is 105 Å². The molecule has 1 nitrogen and oxygen atoms in total. The molecule has 1 aromatic rings. The van der Waals surface area contributed by atoms with Gasteiger partial charge in [0.05, 0.1) is 0 Å². The van der Waals surface area contributed by atoms with Crippen LogP contribution < -0.4 is 5.73 Å². The predicted octanol–water partition coefficient (Wildman–Crippen LogP) is 4.32. The molecule has 0 radical (unpaired) electrons. The maximum atomic E-state index is 6.05. The number of hydrogen-bond donors (Lipinski definition) is 1. The van der Waals surface area contributed by atoms with Crippen LogP contribution in [-0.4, -0.2) is 0 Å². The molecule has 0 saturated carbocycles. The summed E-state index contributed by atoms with van der Waals surface area (Å²) in [5.41, 5.74) is 6.99. The summed E-state index contributed by atoms with van der Waals surface area (Å²) >= 11 is 9.41. The van der Waals surface area contributed by atoms with Crippen molar-refractivity contribution in [1.29, 1.82) is 0 Å². The zero-order valence-electron chi connectivity index (χ0n) is 7.97. The molecule has 0 aliphatic heterocycles. The Morgan fingerprint density at radius 3 is 2.64 bits per heavy atom. The highest BCUT2D eigenvalue weighted by Crippen LogP contribution is 2.27. The van der Waals surface area contributed by atoms with Crippen molar-refractivity contribution in [2.75, 3.05) is 0 Å². The molecule has 1 rings (SSSR count). The minimum atomic E-state index is 0. The third kappa shape index (κ3) is 3.77. The van der Waals surface area contributed by atoms with Gasteiger partial charge in [-0.2, -0.15) is 0 Å². The van der Waals surface area contributed by atoms with Crippen LogP contribution in [0.5, 0.6) is 0 Å². The summed E-state index contributed by atoms with van der Waals surface area (Å²) in [6, 6.07) is 5.89. The van der Waals surface area contributed by atoms with E-state index in [1.165, 1.54) is 0 Å². The monoisotopic (exact) mass is 297 g/mol. The van der Waals surface area contributed by atoms with Crippen LogP contribution in [-0.2, 0) is 0 Å². The summed E-state index contributed by atoms with van der Waals surface area (Å²) in [7, 11) is 0. The first-order valence-corrected chi connectivity index (χ1v) is 5.52. The second kappa shape index (κ2) is 6.67. The molecule has 1 atom stereocenters. The maximum absolute atomic E-state index is 6.05. The lowest BCUT2D eigenvalue weighted by atomic mass is 10.0. The largest absolute Gasteiger partial charge is 0.324 e. The molecule has 14 heavy (non-hydrogen) atoms. The van der Waals surface area contributed by atoms with Gasteiger partial charge in [0.1, 0.15) is 0 Å². The van der Waals surface area contributed by atoms with Gasteiger partial charge in [-0.05, 0) is 24.1 Å². The third-order valence-corrected chi connectivity index (χ3v) is 2.78. The highest BCUT2D eigenvalue weighted by atomic mass is 79.9. The molecule has 80 valence electrons. The molecular weight excluding hydrogens is 285 g/mol. The lowest BCUT2D eigenvalue weighted by molar-refractivity contribution is 0.638. The predicted molar refractivity (Wildman–Crippen MR) is 68.2 cm³/mol. The average molecular weight is 299 g/mol. The first kappa shape index (κ1) is 14.2. The van der Waals surface area contributed by atoms with Crippen LogP contribution in [0.4, 0.5) is 0 Å². The first-order chi connectivity index (χ1) is 6.15. The highest BCUT2D eigenvalue weighted by molar-refractivity contribution is 9.10. The Bertz CT molecular complexity index is 291. The topological polar surface area (TPSA) is 26.0 Å². The van der Waals surface area contributed by atoms with E-state index in [1.54, 1.807) is 0 Å². The molecule has 0 aliphatic rings. The van der Waals surface area contributed by atoms with E-state index in [1.807, 2.05) is 18.2 Å². The molecule has 4 heteroatoms. The van der Waals surface area contributed by atoms with E-state index < -0.39 is 0 Å². The number of rotatable bonds is 3. The quantitative estimate of drug-likeness (QED) is 0.883. The third-order valence-electron chi connectivity index (χ3n) is 1.96. The lowest BCUT2D eigenvalue weighted by Gasteiger charge is -2.12. The fraction of sp³-hybridized carbons (Fsp3) is 0.400. The van der Waals surface area contributed by atoms with Crippen LogP contribution in [0, 0.1) is 0 Å². The number of hydrogen-bond acceptors (Lipinski definition) is 1. The van der Waals surface area contributed by atoms with E-state index in [2.05, 4.69) is 22.9 Å². The van der Waals surface area contributed by atoms with Crippen molar-refractivity contribution in [1.82, 2.24) is 0 Å². The molecule has 2 N–H and O–H groups in total. The molecule has 0 spiro atoms. The van der Waals surface area contributed by atoms with E-state index in [0.717, 1.165) is 27.9 Å². The fourth-order valence-electron chi connectivity index (χ4n) is 1.27. The van der Waals surface area contributed by atoms with E-state index in [0.29, 0.717) is 0 Å². The highest BCUT2D eigenvalue weighted by Gasteiger charge is 2.08. The Kier molecular flexibility index (Phi) is 6.79. The zero-order chi connectivity index (χ0) is 9.84. The van der Waals surface area contributed by atoms with Gasteiger partial charge in [0, 0.05) is 15.5 Å². The summed E-state index contributed by atoms with van der Waals surface area (Å²) in [6.07, 6.45) is 2.05. The van der Waals surface area contributed by atoms with Crippen molar-refractivity contribution in [2.45, 2.75) is 25.8 Å². The Morgan fingerprint density at radius 1 is 1.50 bits per heavy atom. The summed E-state index contributed by atoms with van der Waals surface area (Å²) in [4.78, 5) is 0. The Morgan fingerprint density at radius 2 is 2.14 bits per heavy atom. The van der Waals surface area contributed by atoms with E-state index in [9.17, 15) is 0 Å². The van der Waals surface area contributed by atoms with Gasteiger partial charge in [-0.3, -0.25) is 0 Å². The molecule has 1 aromatic carbocycles. The normalized spacial score (nSPS) is 12.0. The van der Waals surface area contributed by atoms with Crippen molar-refractivity contribution >= 4 is 39.9 Å². The van der Waals surface area contributed by atoms with Gasteiger partial charge in [0.25, 0.3) is 0 Å². The number of benzene rings is 1. The van der Waals surface area contributed by atoms with E-state index in [4.69, 9.17) is 17.3 Å². The Balaban J connectivity index is 0.00000169. The van der Waals surface area contributed by atoms with Crippen molar-refractivity contribution in [2.24, 2.45) is 5.73 Å². The van der Waals surface area contributed by atoms with Gasteiger partial charge in [-0.1, -0.05) is 46.9 Å². The molecular formula is C10H14BrCl2N. The van der Waals surface area contributed by atoms with Crippen LogP contribution in [0.2, 0.25) is 5.02 Å². The molecule has 0 unspecified atom stereocenters. The second-order valence-electron chi connectivity index (χ2n) is 3.06. The standard InChI is InChI=1S/C10H13BrClN.ClH/c1-2-3-10(13)8-5-4-7(11)6-9(8)12;/h4-6,10H,2-3,13H2,1H3;1H/t10-;/m0./s1. The van der Waals surface area contributed by atoms with Gasteiger partial charge >= 0.3 is 0 Å². The van der Waals surface area contributed by atoms with Crippen LogP contribution >= 0.6 is 39.9 Å². The summed E-state index contributed by atoms with van der Waals surface area (Å²) < 4.78 is 0.991. The smallest absolute Gasteiger partial charge is 0.0464 e. The summed E-state index contributed by atoms with van der Waals surface area (Å²) in [5, 5.41) is 0.746. The van der Waals surface area contributed by atoms with Crippen molar-refractivity contribution in [3.05, 3.63) is 33.3 Å². The van der Waals surface area contributed by atoms with Crippen LogP contribution in [0.3, 0.4) is 0 Å². The van der Waals surface area contributed by atoms with Gasteiger partial charge < -0.3 is 5.73 Å². The molecule has 0 saturated heterocycles.